The summed E-state index contributed by atoms with van der Waals surface area (Å²) in [6, 6.07) is 15.9. The number of aromatic nitrogens is 1. The number of pyridine rings is 1. The van der Waals surface area contributed by atoms with E-state index in [4.69, 9.17) is 0 Å². The topological polar surface area (TPSA) is 57.3 Å². The number of carbonyl (C=O) groups excluding carboxylic acids is 1. The lowest BCUT2D eigenvalue weighted by molar-refractivity contribution is 0.102. The molecule has 27 heavy (non-hydrogen) atoms. The first-order chi connectivity index (χ1) is 12.9. The maximum atomic E-state index is 12.6. The first kappa shape index (κ1) is 18.5. The normalized spacial score (nSPS) is 10.4. The van der Waals surface area contributed by atoms with Crippen molar-refractivity contribution in [3.05, 3.63) is 77.6 Å². The van der Waals surface area contributed by atoms with Crippen molar-refractivity contribution >= 4 is 28.7 Å². The molecule has 3 rings (SSSR count). The molecule has 0 saturated heterocycles. The summed E-state index contributed by atoms with van der Waals surface area (Å²) in [5.41, 5.74) is 6.28. The van der Waals surface area contributed by atoms with E-state index in [0.29, 0.717) is 5.56 Å². The van der Waals surface area contributed by atoms with Crippen LogP contribution in [0.3, 0.4) is 0 Å². The molecule has 1 amide bonds. The molecule has 0 fully saturated rings. The average molecular weight is 360 g/mol. The zero-order chi connectivity index (χ0) is 19.4. The summed E-state index contributed by atoms with van der Waals surface area (Å²) in [7, 11) is 4.01. The summed E-state index contributed by atoms with van der Waals surface area (Å²) >= 11 is 0. The van der Waals surface area contributed by atoms with E-state index in [-0.39, 0.29) is 5.91 Å². The van der Waals surface area contributed by atoms with Crippen molar-refractivity contribution in [3.63, 3.8) is 0 Å². The number of benzene rings is 2. The van der Waals surface area contributed by atoms with Crippen molar-refractivity contribution in [3.8, 4) is 0 Å². The first-order valence-corrected chi connectivity index (χ1v) is 8.80. The van der Waals surface area contributed by atoms with Crippen molar-refractivity contribution in [1.29, 1.82) is 0 Å². The molecule has 138 valence electrons. The Morgan fingerprint density at radius 1 is 0.926 bits per heavy atom. The summed E-state index contributed by atoms with van der Waals surface area (Å²) in [4.78, 5) is 18.9. The number of amides is 1. The highest BCUT2D eigenvalue weighted by Gasteiger charge is 2.09. The first-order valence-electron chi connectivity index (χ1n) is 8.80. The average Bonchev–Trinajstić information content (AvgIpc) is 2.65. The van der Waals surface area contributed by atoms with Gasteiger partial charge in [-0.25, -0.2) is 0 Å². The molecule has 0 saturated carbocycles. The zero-order valence-corrected chi connectivity index (χ0v) is 16.1. The highest BCUT2D eigenvalue weighted by Crippen LogP contribution is 2.21. The van der Waals surface area contributed by atoms with Crippen molar-refractivity contribution in [2.45, 2.75) is 13.8 Å². The van der Waals surface area contributed by atoms with Gasteiger partial charge in [-0.1, -0.05) is 12.1 Å². The van der Waals surface area contributed by atoms with Gasteiger partial charge in [-0.3, -0.25) is 9.78 Å². The molecule has 0 bridgehead atoms. The largest absolute Gasteiger partial charge is 0.378 e. The fourth-order valence-corrected chi connectivity index (χ4v) is 2.71. The lowest BCUT2D eigenvalue weighted by Gasteiger charge is -2.14. The maximum absolute atomic E-state index is 12.6. The molecule has 5 heteroatoms. The zero-order valence-electron chi connectivity index (χ0n) is 16.1. The van der Waals surface area contributed by atoms with Crippen LogP contribution >= 0.6 is 0 Å². The number of nitrogens with one attached hydrogen (secondary N) is 2. The van der Waals surface area contributed by atoms with Gasteiger partial charge in [0.1, 0.15) is 0 Å². The van der Waals surface area contributed by atoms with Crippen LogP contribution in [0.25, 0.3) is 0 Å². The second-order valence-corrected chi connectivity index (χ2v) is 6.80. The number of aryl methyl sites for hydroxylation is 2. The summed E-state index contributed by atoms with van der Waals surface area (Å²) in [5.74, 6) is -0.178. The summed E-state index contributed by atoms with van der Waals surface area (Å²) in [5, 5.41) is 6.25. The minimum Gasteiger partial charge on any atom is -0.378 e. The van der Waals surface area contributed by atoms with Crippen molar-refractivity contribution < 1.29 is 4.79 Å². The molecule has 0 aliphatic rings. The standard InChI is InChI=1S/C22H24N4O/c1-15-5-6-16(2)21(11-15)25-22(27)17-12-19(14-23-13-17)24-18-7-9-20(10-8-18)26(3)4/h5-14,24H,1-4H3,(H,25,27). The Balaban J connectivity index is 1.74. The van der Waals surface area contributed by atoms with E-state index in [1.54, 1.807) is 18.5 Å². The highest BCUT2D eigenvalue weighted by molar-refractivity contribution is 6.05. The third kappa shape index (κ3) is 4.64. The van der Waals surface area contributed by atoms with Crippen LogP contribution in [-0.4, -0.2) is 25.0 Å². The molecule has 0 spiro atoms. The van der Waals surface area contributed by atoms with E-state index >= 15 is 0 Å². The molecule has 0 radical (unpaired) electrons. The fourth-order valence-electron chi connectivity index (χ4n) is 2.71. The maximum Gasteiger partial charge on any atom is 0.257 e. The van der Waals surface area contributed by atoms with Crippen molar-refractivity contribution in [2.75, 3.05) is 29.6 Å². The van der Waals surface area contributed by atoms with Gasteiger partial charge in [0.25, 0.3) is 5.91 Å². The van der Waals surface area contributed by atoms with Gasteiger partial charge in [0, 0.05) is 37.4 Å². The monoisotopic (exact) mass is 360 g/mol. The van der Waals surface area contributed by atoms with Gasteiger partial charge >= 0.3 is 0 Å². The molecular weight excluding hydrogens is 336 g/mol. The van der Waals surface area contributed by atoms with Crippen molar-refractivity contribution in [1.82, 2.24) is 4.98 Å². The number of hydrogen-bond acceptors (Lipinski definition) is 4. The van der Waals surface area contributed by atoms with Crippen LogP contribution in [-0.2, 0) is 0 Å². The lowest BCUT2D eigenvalue weighted by atomic mass is 10.1. The number of anilines is 4. The van der Waals surface area contributed by atoms with Crippen LogP contribution in [0.5, 0.6) is 0 Å². The van der Waals surface area contributed by atoms with Gasteiger partial charge in [-0.05, 0) is 61.4 Å². The second-order valence-electron chi connectivity index (χ2n) is 6.80. The Kier molecular flexibility index (Phi) is 5.41. The molecule has 0 atom stereocenters. The quantitative estimate of drug-likeness (QED) is 0.689. The van der Waals surface area contributed by atoms with Crippen LogP contribution in [0.15, 0.2) is 60.9 Å². The molecule has 0 aliphatic heterocycles. The van der Waals surface area contributed by atoms with Crippen molar-refractivity contribution in [2.24, 2.45) is 0 Å². The predicted octanol–water partition coefficient (Wildman–Crippen LogP) is 4.76. The SMILES string of the molecule is Cc1ccc(C)c(NC(=O)c2cncc(Nc3ccc(N(C)C)cc3)c2)c1. The van der Waals surface area contributed by atoms with Crippen LogP contribution in [0.2, 0.25) is 0 Å². The van der Waals surface area contributed by atoms with Crippen LogP contribution in [0.1, 0.15) is 21.5 Å². The molecular formula is C22H24N4O. The highest BCUT2D eigenvalue weighted by atomic mass is 16.1. The Morgan fingerprint density at radius 2 is 1.67 bits per heavy atom. The Labute approximate surface area is 160 Å². The smallest absolute Gasteiger partial charge is 0.257 e. The molecule has 3 aromatic rings. The number of hydrogen-bond donors (Lipinski definition) is 2. The Bertz CT molecular complexity index is 949. The summed E-state index contributed by atoms with van der Waals surface area (Å²) in [6.45, 7) is 3.98. The van der Waals surface area contributed by atoms with Gasteiger partial charge in [0.05, 0.1) is 17.4 Å². The van der Waals surface area contributed by atoms with E-state index < -0.39 is 0 Å². The van der Waals surface area contributed by atoms with Gasteiger partial charge in [-0.2, -0.15) is 0 Å². The summed E-state index contributed by atoms with van der Waals surface area (Å²) in [6.07, 6.45) is 3.27. The predicted molar refractivity (Wildman–Crippen MR) is 112 cm³/mol. The third-order valence-electron chi connectivity index (χ3n) is 4.31. The molecule has 0 unspecified atom stereocenters. The Morgan fingerprint density at radius 3 is 2.37 bits per heavy atom. The van der Waals surface area contributed by atoms with Gasteiger partial charge in [-0.15, -0.1) is 0 Å². The Hall–Kier alpha value is -3.34. The van der Waals surface area contributed by atoms with Crippen LogP contribution < -0.4 is 15.5 Å². The third-order valence-corrected chi connectivity index (χ3v) is 4.31. The second kappa shape index (κ2) is 7.91. The van der Waals surface area contributed by atoms with Crippen LogP contribution in [0.4, 0.5) is 22.7 Å². The minimum absolute atomic E-state index is 0.178. The molecule has 2 aromatic carbocycles. The number of carbonyl (C=O) groups is 1. The van der Waals surface area contributed by atoms with E-state index in [9.17, 15) is 4.79 Å². The van der Waals surface area contributed by atoms with Gasteiger partial charge < -0.3 is 15.5 Å². The van der Waals surface area contributed by atoms with Gasteiger partial charge in [0.2, 0.25) is 0 Å². The van der Waals surface area contributed by atoms with E-state index in [0.717, 1.165) is 33.9 Å². The van der Waals surface area contributed by atoms with Crippen LogP contribution in [0, 0.1) is 13.8 Å². The number of rotatable bonds is 5. The molecule has 0 aliphatic carbocycles. The van der Waals surface area contributed by atoms with E-state index in [2.05, 4.69) is 15.6 Å². The fraction of sp³-hybridized carbons (Fsp3) is 0.182. The molecule has 1 heterocycles. The molecule has 2 N–H and O–H groups in total. The van der Waals surface area contributed by atoms with E-state index in [1.807, 2.05) is 75.3 Å². The molecule has 5 nitrogen and oxygen atoms in total. The minimum atomic E-state index is -0.178. The van der Waals surface area contributed by atoms with Gasteiger partial charge in [0.15, 0.2) is 0 Å². The number of nitrogens with zero attached hydrogens (tertiary/aromatic N) is 2. The molecule has 1 aromatic heterocycles. The lowest BCUT2D eigenvalue weighted by Crippen LogP contribution is -2.13. The van der Waals surface area contributed by atoms with E-state index in [1.165, 1.54) is 0 Å². The summed E-state index contributed by atoms with van der Waals surface area (Å²) < 4.78 is 0.